The Morgan fingerprint density at radius 3 is 2.29 bits per heavy atom. The zero-order valence-electron chi connectivity index (χ0n) is 18.6. The van der Waals surface area contributed by atoms with E-state index in [0.717, 1.165) is 24.1 Å². The lowest BCUT2D eigenvalue weighted by molar-refractivity contribution is 0.0984. The second kappa shape index (κ2) is 9.63. The molecule has 1 aliphatic heterocycles. The van der Waals surface area contributed by atoms with Crippen molar-refractivity contribution in [3.63, 3.8) is 0 Å². The van der Waals surface area contributed by atoms with Crippen LogP contribution in [0.1, 0.15) is 32.7 Å². The summed E-state index contributed by atoms with van der Waals surface area (Å²) < 4.78 is 5.94. The van der Waals surface area contributed by atoms with Gasteiger partial charge in [-0.1, -0.05) is 54.6 Å². The SMILES string of the molecule is O=C(Nc1ccc2c(c1)N(C(=O)c1ccccc1)CCC2)c1ccccc1Oc1ccccc1. The Balaban J connectivity index is 1.39. The molecule has 5 rings (SSSR count). The van der Waals surface area contributed by atoms with Crippen molar-refractivity contribution < 1.29 is 14.3 Å². The highest BCUT2D eigenvalue weighted by Gasteiger charge is 2.24. The number of anilines is 2. The predicted octanol–water partition coefficient (Wildman–Crippen LogP) is 6.32. The average molecular weight is 449 g/mol. The summed E-state index contributed by atoms with van der Waals surface area (Å²) >= 11 is 0. The van der Waals surface area contributed by atoms with Crippen molar-refractivity contribution in [2.45, 2.75) is 12.8 Å². The van der Waals surface area contributed by atoms with Gasteiger partial charge >= 0.3 is 0 Å². The molecule has 0 saturated carbocycles. The lowest BCUT2D eigenvalue weighted by Crippen LogP contribution is -2.35. The first-order chi connectivity index (χ1) is 16.7. The molecule has 0 aromatic heterocycles. The molecular weight excluding hydrogens is 424 g/mol. The van der Waals surface area contributed by atoms with E-state index >= 15 is 0 Å². The van der Waals surface area contributed by atoms with Gasteiger partial charge in [-0.15, -0.1) is 0 Å². The highest BCUT2D eigenvalue weighted by atomic mass is 16.5. The van der Waals surface area contributed by atoms with Gasteiger partial charge in [0.1, 0.15) is 11.5 Å². The molecular formula is C29H24N2O3. The molecule has 0 saturated heterocycles. The van der Waals surface area contributed by atoms with Gasteiger partial charge in [-0.25, -0.2) is 0 Å². The van der Waals surface area contributed by atoms with Gasteiger partial charge in [-0.3, -0.25) is 9.59 Å². The van der Waals surface area contributed by atoms with Crippen LogP contribution in [0.4, 0.5) is 11.4 Å². The van der Waals surface area contributed by atoms with Crippen LogP contribution in [0.5, 0.6) is 11.5 Å². The molecule has 4 aromatic rings. The molecule has 0 unspecified atom stereocenters. The van der Waals surface area contributed by atoms with Crippen LogP contribution < -0.4 is 15.0 Å². The minimum Gasteiger partial charge on any atom is -0.457 e. The summed E-state index contributed by atoms with van der Waals surface area (Å²) in [4.78, 5) is 28.1. The van der Waals surface area contributed by atoms with Gasteiger partial charge in [-0.05, 0) is 66.9 Å². The van der Waals surface area contributed by atoms with Crippen molar-refractivity contribution in [1.29, 1.82) is 0 Å². The summed E-state index contributed by atoms with van der Waals surface area (Å²) in [5, 5.41) is 2.98. The topological polar surface area (TPSA) is 58.6 Å². The smallest absolute Gasteiger partial charge is 0.259 e. The minimum absolute atomic E-state index is 0.0355. The fourth-order valence-corrected chi connectivity index (χ4v) is 4.16. The molecule has 0 fully saturated rings. The molecule has 1 aliphatic rings. The standard InChI is InChI=1S/C29H24N2O3/c32-28(25-15-7-8-16-27(25)34-24-13-5-2-6-14-24)30-23-18-17-21-12-9-19-31(26(21)20-23)29(33)22-10-3-1-4-11-22/h1-8,10-11,13-18,20H,9,12,19H2,(H,30,32). The van der Waals surface area contributed by atoms with Gasteiger partial charge in [0.25, 0.3) is 11.8 Å². The number of benzene rings is 4. The Hall–Kier alpha value is -4.38. The largest absolute Gasteiger partial charge is 0.457 e. The molecule has 4 aromatic carbocycles. The van der Waals surface area contributed by atoms with E-state index < -0.39 is 0 Å². The number of nitrogens with one attached hydrogen (secondary N) is 1. The maximum absolute atomic E-state index is 13.2. The van der Waals surface area contributed by atoms with E-state index in [9.17, 15) is 9.59 Å². The highest BCUT2D eigenvalue weighted by Crippen LogP contribution is 2.32. The van der Waals surface area contributed by atoms with Crippen LogP contribution in [0.2, 0.25) is 0 Å². The zero-order chi connectivity index (χ0) is 23.3. The van der Waals surface area contributed by atoms with E-state index in [1.165, 1.54) is 0 Å². The van der Waals surface area contributed by atoms with Crippen LogP contribution in [-0.2, 0) is 6.42 Å². The molecule has 1 heterocycles. The summed E-state index contributed by atoms with van der Waals surface area (Å²) in [5.74, 6) is 0.825. The maximum Gasteiger partial charge on any atom is 0.259 e. The van der Waals surface area contributed by atoms with Gasteiger partial charge in [-0.2, -0.15) is 0 Å². The normalized spacial score (nSPS) is 12.5. The van der Waals surface area contributed by atoms with Crippen LogP contribution in [0, 0.1) is 0 Å². The summed E-state index contributed by atoms with van der Waals surface area (Å²) in [7, 11) is 0. The molecule has 0 spiro atoms. The highest BCUT2D eigenvalue weighted by molar-refractivity contribution is 6.08. The van der Waals surface area contributed by atoms with Crippen LogP contribution in [-0.4, -0.2) is 18.4 Å². The van der Waals surface area contributed by atoms with Gasteiger partial charge in [0.15, 0.2) is 0 Å². The number of amides is 2. The molecule has 5 heteroatoms. The Morgan fingerprint density at radius 1 is 0.794 bits per heavy atom. The molecule has 2 amide bonds. The van der Waals surface area contributed by atoms with E-state index in [1.54, 1.807) is 23.1 Å². The molecule has 168 valence electrons. The van der Waals surface area contributed by atoms with Crippen molar-refractivity contribution in [3.05, 3.63) is 120 Å². The van der Waals surface area contributed by atoms with Crippen molar-refractivity contribution in [3.8, 4) is 11.5 Å². The molecule has 5 nitrogen and oxygen atoms in total. The van der Waals surface area contributed by atoms with Crippen molar-refractivity contribution in [2.24, 2.45) is 0 Å². The average Bonchev–Trinajstić information content (AvgIpc) is 2.89. The number of carbonyl (C=O) groups excluding carboxylic acids is 2. The van der Waals surface area contributed by atoms with Crippen molar-refractivity contribution in [1.82, 2.24) is 0 Å². The lowest BCUT2D eigenvalue weighted by Gasteiger charge is -2.30. The molecule has 0 bridgehead atoms. The van der Waals surface area contributed by atoms with Gasteiger partial charge in [0.2, 0.25) is 0 Å². The zero-order valence-corrected chi connectivity index (χ0v) is 18.6. The lowest BCUT2D eigenvalue weighted by atomic mass is 10.00. The monoisotopic (exact) mass is 448 g/mol. The predicted molar refractivity (Wildman–Crippen MR) is 134 cm³/mol. The van der Waals surface area contributed by atoms with Crippen LogP contribution in [0.15, 0.2) is 103 Å². The van der Waals surface area contributed by atoms with Gasteiger partial charge in [0, 0.05) is 23.5 Å². The van der Waals surface area contributed by atoms with Crippen LogP contribution in [0.3, 0.4) is 0 Å². The third kappa shape index (κ3) is 4.55. The van der Waals surface area contributed by atoms with Crippen LogP contribution >= 0.6 is 0 Å². The number of hydrogen-bond acceptors (Lipinski definition) is 3. The van der Waals surface area contributed by atoms with E-state index in [-0.39, 0.29) is 11.8 Å². The maximum atomic E-state index is 13.2. The third-order valence-corrected chi connectivity index (χ3v) is 5.83. The summed E-state index contributed by atoms with van der Waals surface area (Å²) in [5.41, 5.74) is 3.65. The number of aryl methyl sites for hydroxylation is 1. The van der Waals surface area contributed by atoms with E-state index in [1.807, 2.05) is 84.9 Å². The minimum atomic E-state index is -0.275. The number of ether oxygens (including phenoxy) is 1. The first-order valence-electron chi connectivity index (χ1n) is 11.3. The number of para-hydroxylation sites is 2. The second-order valence-corrected chi connectivity index (χ2v) is 8.14. The third-order valence-electron chi connectivity index (χ3n) is 5.83. The number of fused-ring (bicyclic) bond motifs is 1. The summed E-state index contributed by atoms with van der Waals surface area (Å²) in [6, 6.07) is 31.5. The van der Waals surface area contributed by atoms with Crippen molar-refractivity contribution >= 4 is 23.2 Å². The first-order valence-corrected chi connectivity index (χ1v) is 11.3. The summed E-state index contributed by atoms with van der Waals surface area (Å²) in [6.45, 7) is 0.645. The number of hydrogen-bond donors (Lipinski definition) is 1. The fourth-order valence-electron chi connectivity index (χ4n) is 4.16. The quantitative estimate of drug-likeness (QED) is 0.388. The molecule has 0 aliphatic carbocycles. The first kappa shape index (κ1) is 21.5. The second-order valence-electron chi connectivity index (χ2n) is 8.14. The molecule has 0 atom stereocenters. The number of carbonyl (C=O) groups is 2. The van der Waals surface area contributed by atoms with E-state index in [4.69, 9.17) is 4.74 Å². The fraction of sp³-hybridized carbons (Fsp3) is 0.103. The van der Waals surface area contributed by atoms with Crippen molar-refractivity contribution in [2.75, 3.05) is 16.8 Å². The van der Waals surface area contributed by atoms with Gasteiger partial charge in [0.05, 0.1) is 5.56 Å². The van der Waals surface area contributed by atoms with Crippen LogP contribution in [0.25, 0.3) is 0 Å². The van der Waals surface area contributed by atoms with Gasteiger partial charge < -0.3 is 15.0 Å². The van der Waals surface area contributed by atoms with E-state index in [2.05, 4.69) is 5.32 Å². The summed E-state index contributed by atoms with van der Waals surface area (Å²) in [6.07, 6.45) is 1.80. The Labute approximate surface area is 198 Å². The Morgan fingerprint density at radius 2 is 1.50 bits per heavy atom. The van der Waals surface area contributed by atoms with E-state index in [0.29, 0.717) is 34.9 Å². The number of nitrogens with zero attached hydrogens (tertiary/aromatic N) is 1. The Kier molecular flexibility index (Phi) is 6.08. The molecule has 0 radical (unpaired) electrons. The molecule has 34 heavy (non-hydrogen) atoms. The molecule has 1 N–H and O–H groups in total. The Bertz CT molecular complexity index is 1320. The number of rotatable bonds is 5.